The summed E-state index contributed by atoms with van der Waals surface area (Å²) in [5.41, 5.74) is 0. The molecule has 0 aromatic carbocycles. The van der Waals surface area contributed by atoms with E-state index >= 15 is 0 Å². The second-order valence-electron chi connectivity index (χ2n) is 19.5. The molecule has 0 saturated heterocycles. The molecule has 1 atom stereocenters. The van der Waals surface area contributed by atoms with Gasteiger partial charge in [0.15, 0.2) is 6.10 Å². The molecule has 0 fully saturated rings. The Kier molecular flexibility index (Phi) is 58.0. The third-order valence-electron chi connectivity index (χ3n) is 12.3. The molecule has 0 rings (SSSR count). The molecular formula is C69H110O6. The Hall–Kier alpha value is -4.71. The number of rotatable bonds is 53. The minimum Gasteiger partial charge on any atom is -0.462 e. The van der Waals surface area contributed by atoms with Crippen LogP contribution >= 0.6 is 0 Å². The van der Waals surface area contributed by atoms with E-state index in [-0.39, 0.29) is 37.5 Å². The van der Waals surface area contributed by atoms with E-state index in [0.29, 0.717) is 19.3 Å². The quantitative estimate of drug-likeness (QED) is 0.0261. The molecule has 0 radical (unpaired) electrons. The van der Waals surface area contributed by atoms with Gasteiger partial charge in [0.05, 0.1) is 0 Å². The van der Waals surface area contributed by atoms with Crippen molar-refractivity contribution in [1.29, 1.82) is 0 Å². The predicted octanol–water partition coefficient (Wildman–Crippen LogP) is 20.8. The first kappa shape index (κ1) is 70.3. The normalized spacial score (nSPS) is 13.2. The lowest BCUT2D eigenvalue weighted by atomic mass is 10.1. The summed E-state index contributed by atoms with van der Waals surface area (Å²) in [4.78, 5) is 38.0. The highest BCUT2D eigenvalue weighted by Crippen LogP contribution is 2.14. The van der Waals surface area contributed by atoms with Crippen molar-refractivity contribution in [3.05, 3.63) is 146 Å². The van der Waals surface area contributed by atoms with Crippen molar-refractivity contribution in [2.75, 3.05) is 13.2 Å². The first-order chi connectivity index (χ1) is 37.0. The highest BCUT2D eigenvalue weighted by atomic mass is 16.6. The number of hydrogen-bond donors (Lipinski definition) is 0. The van der Waals surface area contributed by atoms with Gasteiger partial charge in [0.2, 0.25) is 0 Å². The molecule has 6 heteroatoms. The van der Waals surface area contributed by atoms with E-state index in [1.54, 1.807) is 0 Å². The number of ether oxygens (including phenoxy) is 3. The Bertz CT molecular complexity index is 1660. The Balaban J connectivity index is 4.24. The second-order valence-corrected chi connectivity index (χ2v) is 19.5. The topological polar surface area (TPSA) is 78.9 Å². The molecule has 0 saturated carbocycles. The van der Waals surface area contributed by atoms with Crippen molar-refractivity contribution in [1.82, 2.24) is 0 Å². The fourth-order valence-corrected chi connectivity index (χ4v) is 7.86. The minimum absolute atomic E-state index is 0.100. The summed E-state index contributed by atoms with van der Waals surface area (Å²) in [7, 11) is 0. The zero-order valence-electron chi connectivity index (χ0n) is 48.3. The molecule has 75 heavy (non-hydrogen) atoms. The SMILES string of the molecule is CC/C=C\C/C=C\C/C=C\C/C=C\C/C=C\C/C=C\C/C=C\C/C=C\CCCCCCCCCCC(=O)OCC(COC(=O)CCCCCCCCCCC)OC(=O)CCCC/C=C\C/C=C\C/C=C\C/C=C\CC. The fraction of sp³-hybridized carbons (Fsp3) is 0.609. The number of carbonyl (C=O) groups excluding carboxylic acids is 3. The van der Waals surface area contributed by atoms with Crippen LogP contribution in [0.25, 0.3) is 0 Å². The van der Waals surface area contributed by atoms with Gasteiger partial charge < -0.3 is 14.2 Å². The lowest BCUT2D eigenvalue weighted by Gasteiger charge is -2.18. The molecule has 0 N–H and O–H groups in total. The van der Waals surface area contributed by atoms with E-state index in [0.717, 1.165) is 135 Å². The van der Waals surface area contributed by atoms with Gasteiger partial charge in [-0.15, -0.1) is 0 Å². The van der Waals surface area contributed by atoms with Crippen molar-refractivity contribution >= 4 is 17.9 Å². The number of unbranched alkanes of at least 4 members (excludes halogenated alkanes) is 18. The van der Waals surface area contributed by atoms with Gasteiger partial charge in [-0.2, -0.15) is 0 Å². The number of hydrogen-bond acceptors (Lipinski definition) is 6. The molecule has 0 spiro atoms. The monoisotopic (exact) mass is 1030 g/mol. The van der Waals surface area contributed by atoms with Gasteiger partial charge in [-0.1, -0.05) is 256 Å². The van der Waals surface area contributed by atoms with Crippen LogP contribution in [0.2, 0.25) is 0 Å². The molecule has 6 nitrogen and oxygen atoms in total. The lowest BCUT2D eigenvalue weighted by molar-refractivity contribution is -0.167. The summed E-state index contributed by atoms with van der Waals surface area (Å²) in [6.07, 6.45) is 88.6. The molecular weight excluding hydrogens is 925 g/mol. The van der Waals surface area contributed by atoms with Gasteiger partial charge in [-0.3, -0.25) is 14.4 Å². The zero-order valence-corrected chi connectivity index (χ0v) is 48.3. The third kappa shape index (κ3) is 60.0. The Morgan fingerprint density at radius 1 is 0.280 bits per heavy atom. The highest BCUT2D eigenvalue weighted by Gasteiger charge is 2.19. The van der Waals surface area contributed by atoms with Crippen LogP contribution < -0.4 is 0 Å². The van der Waals surface area contributed by atoms with Gasteiger partial charge in [0.25, 0.3) is 0 Å². The zero-order chi connectivity index (χ0) is 54.3. The van der Waals surface area contributed by atoms with Crippen molar-refractivity contribution < 1.29 is 28.6 Å². The molecule has 422 valence electrons. The van der Waals surface area contributed by atoms with Crippen LogP contribution in [-0.2, 0) is 28.6 Å². The van der Waals surface area contributed by atoms with Crippen LogP contribution in [0.3, 0.4) is 0 Å². The summed E-state index contributed by atoms with van der Waals surface area (Å²) in [6.45, 7) is 6.34. The van der Waals surface area contributed by atoms with Crippen LogP contribution in [0.1, 0.15) is 252 Å². The Labute approximate surface area is 461 Å². The minimum atomic E-state index is -0.806. The number of esters is 3. The molecule has 0 heterocycles. The van der Waals surface area contributed by atoms with Crippen LogP contribution in [0, 0.1) is 0 Å². The maximum atomic E-state index is 12.8. The van der Waals surface area contributed by atoms with Gasteiger partial charge >= 0.3 is 17.9 Å². The van der Waals surface area contributed by atoms with E-state index in [4.69, 9.17) is 14.2 Å². The summed E-state index contributed by atoms with van der Waals surface area (Å²) < 4.78 is 16.8. The highest BCUT2D eigenvalue weighted by molar-refractivity contribution is 5.71. The Morgan fingerprint density at radius 3 is 0.840 bits per heavy atom. The second kappa shape index (κ2) is 61.8. The van der Waals surface area contributed by atoms with E-state index in [2.05, 4.69) is 167 Å². The van der Waals surface area contributed by atoms with E-state index in [9.17, 15) is 14.4 Å². The summed E-state index contributed by atoms with van der Waals surface area (Å²) in [5, 5.41) is 0. The average molecular weight is 1040 g/mol. The van der Waals surface area contributed by atoms with Crippen LogP contribution in [0.4, 0.5) is 0 Å². The standard InChI is InChI=1S/C69H110O6/c1-4-7-10-13-16-19-21-23-25-26-27-28-29-30-31-32-33-34-35-36-37-38-39-40-41-42-44-45-47-50-53-56-59-62-68(71)74-65-66(64-73-67(70)61-58-55-52-49-18-15-12-9-6-3)75-69(72)63-60-57-54-51-48-46-43-24-22-20-17-14-11-8-5-2/h7-8,10-11,16-17,19-20,23-25,27-28,30-31,33-34,36-37,39-40,43,48,51,66H,4-6,9,12-15,18,21-22,26,29,32,35,38,41-42,44-47,49-50,52-65H2,1-3H3/b10-7-,11-8-,19-16-,20-17-,25-23-,28-27-,31-30-,34-33-,37-36-,40-39-,43-24-,51-48-. The van der Waals surface area contributed by atoms with E-state index < -0.39 is 6.10 Å². The summed E-state index contributed by atoms with van der Waals surface area (Å²) in [6, 6.07) is 0. The maximum Gasteiger partial charge on any atom is 0.306 e. The predicted molar refractivity (Wildman–Crippen MR) is 325 cm³/mol. The van der Waals surface area contributed by atoms with Crippen LogP contribution in [-0.4, -0.2) is 37.2 Å². The van der Waals surface area contributed by atoms with Crippen LogP contribution in [0.15, 0.2) is 146 Å². The Morgan fingerprint density at radius 2 is 0.520 bits per heavy atom. The largest absolute Gasteiger partial charge is 0.462 e. The molecule has 0 aliphatic carbocycles. The van der Waals surface area contributed by atoms with Gasteiger partial charge in [0.1, 0.15) is 13.2 Å². The van der Waals surface area contributed by atoms with Crippen molar-refractivity contribution in [2.24, 2.45) is 0 Å². The van der Waals surface area contributed by atoms with Crippen molar-refractivity contribution in [2.45, 2.75) is 258 Å². The van der Waals surface area contributed by atoms with Gasteiger partial charge in [-0.05, 0) is 122 Å². The summed E-state index contributed by atoms with van der Waals surface area (Å²) in [5.74, 6) is -0.958. The molecule has 0 amide bonds. The molecule has 0 aliphatic rings. The fourth-order valence-electron chi connectivity index (χ4n) is 7.86. The van der Waals surface area contributed by atoms with E-state index in [1.165, 1.54) is 70.6 Å². The van der Waals surface area contributed by atoms with Crippen LogP contribution in [0.5, 0.6) is 0 Å². The number of carbonyl (C=O) groups is 3. The molecule has 0 bridgehead atoms. The maximum absolute atomic E-state index is 12.8. The van der Waals surface area contributed by atoms with Crippen molar-refractivity contribution in [3.8, 4) is 0 Å². The molecule has 0 aromatic rings. The molecule has 1 unspecified atom stereocenters. The number of allylic oxidation sites excluding steroid dienone is 24. The molecule has 0 aliphatic heterocycles. The van der Waals surface area contributed by atoms with Crippen molar-refractivity contribution in [3.63, 3.8) is 0 Å². The lowest BCUT2D eigenvalue weighted by Crippen LogP contribution is -2.30. The molecule has 0 aromatic heterocycles. The van der Waals surface area contributed by atoms with Gasteiger partial charge in [0, 0.05) is 19.3 Å². The first-order valence-corrected chi connectivity index (χ1v) is 30.3. The smallest absolute Gasteiger partial charge is 0.306 e. The first-order valence-electron chi connectivity index (χ1n) is 30.3. The third-order valence-corrected chi connectivity index (χ3v) is 12.3. The van der Waals surface area contributed by atoms with E-state index in [1.807, 2.05) is 0 Å². The summed E-state index contributed by atoms with van der Waals surface area (Å²) >= 11 is 0. The van der Waals surface area contributed by atoms with Gasteiger partial charge in [-0.25, -0.2) is 0 Å². The average Bonchev–Trinajstić information content (AvgIpc) is 3.41.